The fourth-order valence-electron chi connectivity index (χ4n) is 2.16. The van der Waals surface area contributed by atoms with Gasteiger partial charge in [0.1, 0.15) is 17.5 Å². The third kappa shape index (κ3) is 3.45. The predicted octanol–water partition coefficient (Wildman–Crippen LogP) is 3.26. The summed E-state index contributed by atoms with van der Waals surface area (Å²) in [4.78, 5) is 14.4. The first kappa shape index (κ1) is 14.7. The fourth-order valence-corrected chi connectivity index (χ4v) is 3.09. The van der Waals surface area contributed by atoms with Crippen LogP contribution in [0.15, 0.2) is 6.07 Å². The number of thiazole rings is 1. The van der Waals surface area contributed by atoms with E-state index < -0.39 is 0 Å². The van der Waals surface area contributed by atoms with E-state index in [2.05, 4.69) is 34.1 Å². The highest BCUT2D eigenvalue weighted by Gasteiger charge is 2.14. The summed E-state index contributed by atoms with van der Waals surface area (Å²) in [7, 11) is 0. The average Bonchev–Trinajstić information content (AvgIpc) is 2.68. The van der Waals surface area contributed by atoms with Crippen molar-refractivity contribution >= 4 is 23.0 Å². The van der Waals surface area contributed by atoms with E-state index >= 15 is 0 Å². The van der Waals surface area contributed by atoms with Gasteiger partial charge in [-0.15, -0.1) is 11.3 Å². The van der Waals surface area contributed by atoms with E-state index in [1.165, 1.54) is 4.88 Å². The van der Waals surface area contributed by atoms with Crippen LogP contribution in [0.1, 0.15) is 47.7 Å². The molecule has 0 aliphatic carbocycles. The van der Waals surface area contributed by atoms with E-state index in [-0.39, 0.29) is 6.04 Å². The number of nitrogens with one attached hydrogen (secondary N) is 1. The van der Waals surface area contributed by atoms with Crippen LogP contribution in [0.4, 0.5) is 11.6 Å². The summed E-state index contributed by atoms with van der Waals surface area (Å²) in [5, 5.41) is 4.47. The normalized spacial score (nSPS) is 12.4. The van der Waals surface area contributed by atoms with Gasteiger partial charge in [0.05, 0.1) is 16.7 Å². The highest BCUT2D eigenvalue weighted by Crippen LogP contribution is 2.27. The molecule has 0 amide bonds. The molecule has 108 valence electrons. The van der Waals surface area contributed by atoms with Crippen molar-refractivity contribution in [2.24, 2.45) is 0 Å². The maximum atomic E-state index is 5.84. The van der Waals surface area contributed by atoms with Crippen molar-refractivity contribution in [1.29, 1.82) is 0 Å². The van der Waals surface area contributed by atoms with Crippen LogP contribution in [0.5, 0.6) is 0 Å². The Morgan fingerprint density at radius 3 is 2.65 bits per heavy atom. The first-order valence-corrected chi connectivity index (χ1v) is 7.65. The molecule has 0 radical (unpaired) electrons. The van der Waals surface area contributed by atoms with Crippen molar-refractivity contribution in [3.05, 3.63) is 27.5 Å². The lowest BCUT2D eigenvalue weighted by molar-refractivity contribution is 0.823. The molecule has 5 nitrogen and oxygen atoms in total. The van der Waals surface area contributed by atoms with Crippen molar-refractivity contribution in [1.82, 2.24) is 15.0 Å². The van der Waals surface area contributed by atoms with E-state index in [0.717, 1.165) is 35.2 Å². The summed E-state index contributed by atoms with van der Waals surface area (Å²) in [6, 6.07) is 1.93. The number of aryl methyl sites for hydroxylation is 3. The van der Waals surface area contributed by atoms with Gasteiger partial charge in [-0.25, -0.2) is 15.0 Å². The monoisotopic (exact) mass is 291 g/mol. The first-order valence-electron chi connectivity index (χ1n) is 6.83. The van der Waals surface area contributed by atoms with Crippen LogP contribution in [0.3, 0.4) is 0 Å². The minimum absolute atomic E-state index is 0.157. The quantitative estimate of drug-likeness (QED) is 0.884. The summed E-state index contributed by atoms with van der Waals surface area (Å²) in [5.41, 5.74) is 6.91. The van der Waals surface area contributed by atoms with Gasteiger partial charge in [0.2, 0.25) is 0 Å². The smallest absolute Gasteiger partial charge is 0.133 e. The van der Waals surface area contributed by atoms with E-state index in [1.807, 2.05) is 13.8 Å². The van der Waals surface area contributed by atoms with Crippen LogP contribution in [-0.2, 0) is 6.42 Å². The van der Waals surface area contributed by atoms with Crippen LogP contribution in [0.2, 0.25) is 0 Å². The minimum atomic E-state index is 0.157. The second-order valence-electron chi connectivity index (χ2n) is 4.89. The Balaban J connectivity index is 2.18. The maximum Gasteiger partial charge on any atom is 0.133 e. The molecule has 0 spiro atoms. The Morgan fingerprint density at radius 1 is 1.30 bits per heavy atom. The number of rotatable bonds is 5. The van der Waals surface area contributed by atoms with Crippen molar-refractivity contribution in [2.45, 2.75) is 46.6 Å². The number of hydrogen-bond donors (Lipinski definition) is 2. The topological polar surface area (TPSA) is 76.7 Å². The van der Waals surface area contributed by atoms with Gasteiger partial charge in [-0.3, -0.25) is 0 Å². The summed E-state index contributed by atoms with van der Waals surface area (Å²) in [5.74, 6) is 2.08. The van der Waals surface area contributed by atoms with Gasteiger partial charge in [0, 0.05) is 17.4 Å². The highest BCUT2D eigenvalue weighted by molar-refractivity contribution is 7.11. The number of hydrogen-bond acceptors (Lipinski definition) is 6. The zero-order valence-electron chi connectivity index (χ0n) is 12.4. The summed E-state index contributed by atoms with van der Waals surface area (Å²) in [6.07, 6.45) is 1.85. The lowest BCUT2D eigenvalue weighted by Crippen LogP contribution is -2.10. The van der Waals surface area contributed by atoms with Crippen molar-refractivity contribution in [2.75, 3.05) is 11.1 Å². The molecular formula is C14H21N5S. The lowest BCUT2D eigenvalue weighted by Gasteiger charge is -2.14. The maximum absolute atomic E-state index is 5.84. The summed E-state index contributed by atoms with van der Waals surface area (Å²) >= 11 is 1.71. The molecule has 3 N–H and O–H groups in total. The van der Waals surface area contributed by atoms with Crippen LogP contribution in [0, 0.1) is 13.8 Å². The Kier molecular flexibility index (Phi) is 4.54. The van der Waals surface area contributed by atoms with Crippen molar-refractivity contribution in [3.63, 3.8) is 0 Å². The predicted molar refractivity (Wildman–Crippen MR) is 84.1 cm³/mol. The molecule has 0 fully saturated rings. The number of aromatic nitrogens is 3. The SMILES string of the molecule is CCCc1nc(N)cc(NC(C)c2sc(C)nc2C)n1. The zero-order chi connectivity index (χ0) is 14.7. The largest absolute Gasteiger partial charge is 0.384 e. The van der Waals surface area contributed by atoms with Crippen LogP contribution >= 0.6 is 11.3 Å². The Morgan fingerprint density at radius 2 is 2.05 bits per heavy atom. The second-order valence-corrected chi connectivity index (χ2v) is 6.13. The molecule has 0 aromatic carbocycles. The van der Waals surface area contributed by atoms with Gasteiger partial charge in [-0.2, -0.15) is 0 Å². The molecule has 2 heterocycles. The van der Waals surface area contributed by atoms with E-state index in [4.69, 9.17) is 5.73 Å². The molecule has 20 heavy (non-hydrogen) atoms. The van der Waals surface area contributed by atoms with Gasteiger partial charge in [-0.05, 0) is 27.2 Å². The van der Waals surface area contributed by atoms with E-state index in [9.17, 15) is 0 Å². The highest BCUT2D eigenvalue weighted by atomic mass is 32.1. The van der Waals surface area contributed by atoms with Gasteiger partial charge < -0.3 is 11.1 Å². The molecule has 0 aliphatic rings. The van der Waals surface area contributed by atoms with Crippen LogP contribution < -0.4 is 11.1 Å². The van der Waals surface area contributed by atoms with Gasteiger partial charge in [0.25, 0.3) is 0 Å². The number of nitrogen functional groups attached to an aromatic ring is 1. The third-order valence-electron chi connectivity index (χ3n) is 2.96. The molecule has 0 saturated carbocycles. The van der Waals surface area contributed by atoms with Gasteiger partial charge >= 0.3 is 0 Å². The summed E-state index contributed by atoms with van der Waals surface area (Å²) in [6.45, 7) is 8.27. The molecule has 6 heteroatoms. The molecule has 2 rings (SSSR count). The van der Waals surface area contributed by atoms with Crippen molar-refractivity contribution < 1.29 is 0 Å². The zero-order valence-corrected chi connectivity index (χ0v) is 13.2. The molecule has 2 aromatic heterocycles. The Hall–Kier alpha value is -1.69. The van der Waals surface area contributed by atoms with Gasteiger partial charge in [-0.1, -0.05) is 6.92 Å². The first-order chi connectivity index (χ1) is 9.49. The summed E-state index contributed by atoms with van der Waals surface area (Å²) < 4.78 is 0. The standard InChI is InChI=1S/C14H21N5S/c1-5-6-12-18-11(15)7-13(19-12)17-9(3)14-8(2)16-10(4)20-14/h7,9H,5-6H2,1-4H3,(H3,15,17,18,19). The minimum Gasteiger partial charge on any atom is -0.384 e. The fraction of sp³-hybridized carbons (Fsp3) is 0.500. The molecule has 0 aliphatic heterocycles. The number of anilines is 2. The van der Waals surface area contributed by atoms with Crippen LogP contribution in [-0.4, -0.2) is 15.0 Å². The molecular weight excluding hydrogens is 270 g/mol. The van der Waals surface area contributed by atoms with Gasteiger partial charge in [0.15, 0.2) is 0 Å². The van der Waals surface area contributed by atoms with Crippen LogP contribution in [0.25, 0.3) is 0 Å². The van der Waals surface area contributed by atoms with E-state index in [1.54, 1.807) is 17.4 Å². The number of nitrogens with zero attached hydrogens (tertiary/aromatic N) is 3. The molecule has 1 unspecified atom stereocenters. The van der Waals surface area contributed by atoms with Crippen molar-refractivity contribution in [3.8, 4) is 0 Å². The number of nitrogens with two attached hydrogens (primary N) is 1. The molecule has 0 bridgehead atoms. The lowest BCUT2D eigenvalue weighted by atomic mass is 10.2. The third-order valence-corrected chi connectivity index (χ3v) is 4.22. The van der Waals surface area contributed by atoms with E-state index in [0.29, 0.717) is 5.82 Å². The average molecular weight is 291 g/mol. The Labute approximate surface area is 123 Å². The second kappa shape index (κ2) is 6.17. The molecule has 0 saturated heterocycles. The molecule has 1 atom stereocenters. The Bertz CT molecular complexity index is 593. The molecule has 2 aromatic rings.